The first-order valence-electron chi connectivity index (χ1n) is 11.9. The van der Waals surface area contributed by atoms with Gasteiger partial charge in [0.05, 0.1) is 48.8 Å². The molecule has 4 heterocycles. The van der Waals surface area contributed by atoms with Crippen molar-refractivity contribution in [2.75, 3.05) is 55.0 Å². The first-order valence-corrected chi connectivity index (χ1v) is 12.2. The Morgan fingerprint density at radius 1 is 1.32 bits per heavy atom. The fraction of sp³-hybridized carbons (Fsp3) is 0.522. The molecule has 0 unspecified atom stereocenters. The van der Waals surface area contributed by atoms with Crippen LogP contribution in [0.2, 0.25) is 5.02 Å². The molecule has 2 aromatic rings. The molecule has 0 radical (unpaired) electrons. The van der Waals surface area contributed by atoms with Gasteiger partial charge in [-0.1, -0.05) is 11.6 Å². The van der Waals surface area contributed by atoms with Gasteiger partial charge in [-0.15, -0.1) is 0 Å². The minimum atomic E-state index is -4.85. The molecule has 0 saturated carbocycles. The number of alkyl halides is 3. The molecule has 1 saturated heterocycles. The van der Waals surface area contributed by atoms with Crippen LogP contribution < -0.4 is 20.7 Å². The van der Waals surface area contributed by atoms with Gasteiger partial charge in [-0.25, -0.2) is 10.1 Å². The van der Waals surface area contributed by atoms with Crippen molar-refractivity contribution >= 4 is 40.6 Å². The number of anilines is 3. The number of hydrogen-bond donors (Lipinski definition) is 2. The van der Waals surface area contributed by atoms with E-state index >= 15 is 0 Å². The van der Waals surface area contributed by atoms with E-state index < -0.39 is 35.1 Å². The summed E-state index contributed by atoms with van der Waals surface area (Å²) in [5.41, 5.74) is -1.75. The monoisotopic (exact) mass is 557 g/mol. The molecule has 0 aliphatic carbocycles. The van der Waals surface area contributed by atoms with Crippen LogP contribution in [0.25, 0.3) is 0 Å². The fourth-order valence-electron chi connectivity index (χ4n) is 4.65. The minimum Gasteiger partial charge on any atom is -0.379 e. The second-order valence-corrected chi connectivity index (χ2v) is 9.61. The summed E-state index contributed by atoms with van der Waals surface area (Å²) in [7, 11) is 1.66. The Hall–Kier alpha value is -3.39. The van der Waals surface area contributed by atoms with Crippen LogP contribution in [0.1, 0.15) is 24.5 Å². The van der Waals surface area contributed by atoms with E-state index in [2.05, 4.69) is 15.4 Å². The molecule has 4 rings (SSSR count). The number of H-pyrrole nitrogens is 1. The van der Waals surface area contributed by atoms with Gasteiger partial charge in [0.1, 0.15) is 11.6 Å². The average Bonchev–Trinajstić information content (AvgIpc) is 2.85. The molecule has 15 heteroatoms. The van der Waals surface area contributed by atoms with E-state index in [9.17, 15) is 27.6 Å². The summed E-state index contributed by atoms with van der Waals surface area (Å²) in [4.78, 5) is 46.9. The maximum atomic E-state index is 13.2. The third-order valence-corrected chi connectivity index (χ3v) is 6.93. The molecular weight excluding hydrogens is 531 g/mol. The molecule has 2 aliphatic heterocycles. The number of likely N-dealkylation sites (N-methyl/N-ethyl adjacent to an activating group) is 1. The Kier molecular flexibility index (Phi) is 7.83. The Balaban J connectivity index is 1.29. The SMILES string of the molecule is Cc1c(Cl)cnc2c1N(C)C(=O)[C@@H]1CN(C(=O)CCOC[C@H](C)Nc3cn[nH]c(=O)c3C(F)(F)F)CCN21. The number of aromatic amines is 1. The van der Waals surface area contributed by atoms with E-state index in [0.29, 0.717) is 29.6 Å². The summed E-state index contributed by atoms with van der Waals surface area (Å²) in [6, 6.07) is -1.17. The van der Waals surface area contributed by atoms with Gasteiger partial charge in [-0.05, 0) is 19.4 Å². The second-order valence-electron chi connectivity index (χ2n) is 9.21. The number of nitrogens with one attached hydrogen (secondary N) is 2. The van der Waals surface area contributed by atoms with Crippen LogP contribution >= 0.6 is 11.6 Å². The lowest BCUT2D eigenvalue weighted by Crippen LogP contribution is -2.63. The summed E-state index contributed by atoms with van der Waals surface area (Å²) in [6.45, 7) is 4.43. The summed E-state index contributed by atoms with van der Waals surface area (Å²) in [5.74, 6) is 0.288. The van der Waals surface area contributed by atoms with Crippen molar-refractivity contribution in [1.82, 2.24) is 20.1 Å². The zero-order valence-electron chi connectivity index (χ0n) is 20.9. The van der Waals surface area contributed by atoms with Crippen LogP contribution in [0.5, 0.6) is 0 Å². The number of ether oxygens (including phenoxy) is 1. The van der Waals surface area contributed by atoms with E-state index in [0.717, 1.165) is 11.8 Å². The average molecular weight is 558 g/mol. The van der Waals surface area contributed by atoms with Crippen molar-refractivity contribution in [3.05, 3.63) is 38.9 Å². The van der Waals surface area contributed by atoms with Crippen molar-refractivity contribution in [2.24, 2.45) is 0 Å². The van der Waals surface area contributed by atoms with Crippen LogP contribution in [0.15, 0.2) is 17.2 Å². The van der Waals surface area contributed by atoms with Crippen LogP contribution in [0.3, 0.4) is 0 Å². The zero-order chi connectivity index (χ0) is 27.8. The van der Waals surface area contributed by atoms with Gasteiger partial charge in [-0.2, -0.15) is 18.3 Å². The van der Waals surface area contributed by atoms with Gasteiger partial charge in [0.25, 0.3) is 11.5 Å². The predicted molar refractivity (Wildman–Crippen MR) is 133 cm³/mol. The van der Waals surface area contributed by atoms with Crippen molar-refractivity contribution in [3.8, 4) is 0 Å². The first-order chi connectivity index (χ1) is 17.9. The van der Waals surface area contributed by atoms with Gasteiger partial charge in [0, 0.05) is 32.4 Å². The topological polar surface area (TPSA) is 124 Å². The van der Waals surface area contributed by atoms with Crippen LogP contribution in [-0.4, -0.2) is 83.9 Å². The summed E-state index contributed by atoms with van der Waals surface area (Å²) < 4.78 is 45.1. The van der Waals surface area contributed by atoms with Crippen molar-refractivity contribution in [3.63, 3.8) is 0 Å². The number of hydrogen-bond acceptors (Lipinski definition) is 8. The molecule has 11 nitrogen and oxygen atoms in total. The molecule has 2 aliphatic rings. The van der Waals surface area contributed by atoms with Crippen LogP contribution in [-0.2, 0) is 20.5 Å². The predicted octanol–water partition coefficient (Wildman–Crippen LogP) is 2.05. The number of aromatic nitrogens is 3. The van der Waals surface area contributed by atoms with Crippen molar-refractivity contribution in [2.45, 2.75) is 38.5 Å². The van der Waals surface area contributed by atoms with E-state index in [1.165, 1.54) is 4.90 Å². The highest BCUT2D eigenvalue weighted by Crippen LogP contribution is 2.39. The molecule has 0 aromatic carbocycles. The van der Waals surface area contributed by atoms with Crippen molar-refractivity contribution in [1.29, 1.82) is 0 Å². The van der Waals surface area contributed by atoms with Gasteiger partial charge < -0.3 is 24.8 Å². The Labute approximate surface area is 220 Å². The van der Waals surface area contributed by atoms with Gasteiger partial charge in [0.2, 0.25) is 5.91 Å². The molecule has 2 atom stereocenters. The maximum absolute atomic E-state index is 13.2. The van der Waals surface area contributed by atoms with Gasteiger partial charge in [0.15, 0.2) is 5.82 Å². The maximum Gasteiger partial charge on any atom is 0.423 e. The smallest absolute Gasteiger partial charge is 0.379 e. The number of halogens is 4. The van der Waals surface area contributed by atoms with E-state index in [1.807, 2.05) is 11.8 Å². The number of amides is 2. The summed E-state index contributed by atoms with van der Waals surface area (Å²) in [5, 5.41) is 8.23. The van der Waals surface area contributed by atoms with Gasteiger partial charge >= 0.3 is 6.18 Å². The first kappa shape index (κ1) is 27.6. The highest BCUT2D eigenvalue weighted by molar-refractivity contribution is 6.32. The normalized spacial score (nSPS) is 18.2. The standard InChI is InChI=1S/C23H27ClF3N7O4/c1-12(30-15-9-29-31-21(36)18(15)23(25,26)27)11-38-7-4-17(35)33-5-6-34-16(10-33)22(37)32(3)19-13(2)14(24)8-28-20(19)34/h8-9,12,16H,4-7,10-11H2,1-3H3,(H2,30,31,36)/t12-,16-/m0/s1. The Morgan fingerprint density at radius 3 is 2.76 bits per heavy atom. The fourth-order valence-corrected chi connectivity index (χ4v) is 4.79. The zero-order valence-corrected chi connectivity index (χ0v) is 21.7. The van der Waals surface area contributed by atoms with E-state index in [4.69, 9.17) is 16.3 Å². The van der Waals surface area contributed by atoms with Gasteiger partial charge in [-0.3, -0.25) is 14.4 Å². The lowest BCUT2D eigenvalue weighted by Gasteiger charge is -2.46. The summed E-state index contributed by atoms with van der Waals surface area (Å²) in [6.07, 6.45) is -2.38. The molecule has 0 bridgehead atoms. The molecule has 2 N–H and O–H groups in total. The molecule has 0 spiro atoms. The highest BCUT2D eigenvalue weighted by Gasteiger charge is 2.43. The number of piperazine rings is 1. The van der Waals surface area contributed by atoms with Crippen LogP contribution in [0.4, 0.5) is 30.4 Å². The third kappa shape index (κ3) is 5.41. The highest BCUT2D eigenvalue weighted by atomic mass is 35.5. The quantitative estimate of drug-likeness (QED) is 0.496. The second kappa shape index (κ2) is 10.8. The molecule has 38 heavy (non-hydrogen) atoms. The lowest BCUT2D eigenvalue weighted by molar-refractivity contribution is -0.138. The Bertz CT molecular complexity index is 1290. The molecule has 1 fully saturated rings. The number of fused-ring (bicyclic) bond motifs is 3. The lowest BCUT2D eigenvalue weighted by atomic mass is 10.0. The minimum absolute atomic E-state index is 0.0125. The largest absolute Gasteiger partial charge is 0.423 e. The number of nitrogens with zero attached hydrogens (tertiary/aromatic N) is 5. The Morgan fingerprint density at radius 2 is 2.05 bits per heavy atom. The van der Waals surface area contributed by atoms with Crippen LogP contribution in [0, 0.1) is 6.92 Å². The molecule has 2 aromatic heterocycles. The molecule has 2 amide bonds. The number of carbonyl (C=O) groups excluding carboxylic acids is 2. The molecular formula is C23H27ClF3N7O4. The number of rotatable bonds is 7. The number of pyridine rings is 1. The summed E-state index contributed by atoms with van der Waals surface area (Å²) >= 11 is 6.20. The number of carbonyl (C=O) groups is 2. The molecule has 206 valence electrons. The third-order valence-electron chi connectivity index (χ3n) is 6.55. The van der Waals surface area contributed by atoms with Crippen molar-refractivity contribution < 1.29 is 27.5 Å². The van der Waals surface area contributed by atoms with E-state index in [1.54, 1.807) is 30.2 Å². The van der Waals surface area contributed by atoms with E-state index in [-0.39, 0.29) is 38.0 Å².